The number of thiocarbonyl (C=S) groups is 1. The monoisotopic (exact) mass is 481 g/mol. The number of methoxy groups -OCH3 is 3. The van der Waals surface area contributed by atoms with E-state index in [-0.39, 0.29) is 5.91 Å². The van der Waals surface area contributed by atoms with Crippen molar-refractivity contribution in [3.05, 3.63) is 65.2 Å². The first-order chi connectivity index (χ1) is 16.0. The molecule has 1 saturated heterocycles. The molecule has 0 saturated carbocycles. The summed E-state index contributed by atoms with van der Waals surface area (Å²) in [6.07, 6.45) is 3.74. The molecule has 1 aliphatic heterocycles. The number of thioether (sulfide) groups is 1. The average Bonchev–Trinajstić information content (AvgIpc) is 3.38. The minimum Gasteiger partial charge on any atom is -0.493 e. The van der Waals surface area contributed by atoms with E-state index in [0.29, 0.717) is 39.6 Å². The van der Waals surface area contributed by atoms with E-state index in [1.807, 2.05) is 60.8 Å². The lowest BCUT2D eigenvalue weighted by Gasteiger charge is -2.12. The maximum atomic E-state index is 13.0. The quantitative estimate of drug-likeness (QED) is 0.349. The predicted octanol–water partition coefficient (Wildman–Crippen LogP) is 4.40. The molecule has 2 heterocycles. The fraction of sp³-hybridized carbons (Fsp3) is 0.208. The van der Waals surface area contributed by atoms with Gasteiger partial charge in [-0.1, -0.05) is 42.2 Å². The maximum absolute atomic E-state index is 13.0. The molecule has 0 bridgehead atoms. The first-order valence-electron chi connectivity index (χ1n) is 10.2. The molecule has 1 amide bonds. The van der Waals surface area contributed by atoms with Crippen molar-refractivity contribution in [3.63, 3.8) is 0 Å². The van der Waals surface area contributed by atoms with Crippen molar-refractivity contribution in [1.29, 1.82) is 0 Å². The third kappa shape index (κ3) is 4.80. The van der Waals surface area contributed by atoms with E-state index < -0.39 is 0 Å². The number of hydrogen-bond donors (Lipinski definition) is 0. The van der Waals surface area contributed by atoms with Crippen molar-refractivity contribution in [2.75, 3.05) is 34.5 Å². The fourth-order valence-electron chi connectivity index (χ4n) is 3.43. The van der Waals surface area contributed by atoms with Crippen molar-refractivity contribution in [1.82, 2.24) is 14.7 Å². The second-order valence-electron chi connectivity index (χ2n) is 7.11. The third-order valence-electron chi connectivity index (χ3n) is 5.10. The summed E-state index contributed by atoms with van der Waals surface area (Å²) in [5, 5.41) is 4.83. The Balaban J connectivity index is 1.79. The van der Waals surface area contributed by atoms with Gasteiger partial charge < -0.3 is 14.2 Å². The third-order valence-corrected chi connectivity index (χ3v) is 6.48. The van der Waals surface area contributed by atoms with Crippen molar-refractivity contribution in [2.45, 2.75) is 0 Å². The number of hydrogen-bond acceptors (Lipinski definition) is 7. The van der Waals surface area contributed by atoms with E-state index in [0.717, 1.165) is 16.8 Å². The Morgan fingerprint density at radius 2 is 1.82 bits per heavy atom. The highest BCUT2D eigenvalue weighted by atomic mass is 32.2. The van der Waals surface area contributed by atoms with Crippen LogP contribution in [0.15, 0.2) is 59.6 Å². The van der Waals surface area contributed by atoms with Crippen molar-refractivity contribution in [3.8, 4) is 28.4 Å². The van der Waals surface area contributed by atoms with Crippen LogP contribution in [-0.4, -0.2) is 59.4 Å². The molecule has 9 heteroatoms. The van der Waals surface area contributed by atoms with Gasteiger partial charge in [0, 0.05) is 24.4 Å². The van der Waals surface area contributed by atoms with Gasteiger partial charge in [-0.3, -0.25) is 9.69 Å². The Bertz CT molecular complexity index is 1210. The Morgan fingerprint density at radius 3 is 2.52 bits per heavy atom. The molecule has 0 spiro atoms. The summed E-state index contributed by atoms with van der Waals surface area (Å²) in [5.74, 6) is 1.10. The van der Waals surface area contributed by atoms with Crippen LogP contribution in [0.3, 0.4) is 0 Å². The number of carbonyl (C=O) groups is 1. The van der Waals surface area contributed by atoms with Crippen LogP contribution in [0.5, 0.6) is 11.5 Å². The highest BCUT2D eigenvalue weighted by Gasteiger charge is 2.32. The summed E-state index contributed by atoms with van der Waals surface area (Å²) in [6.45, 7) is 0.840. The lowest BCUT2D eigenvalue weighted by atomic mass is 10.1. The normalized spacial score (nSPS) is 14.9. The Morgan fingerprint density at radius 1 is 1.06 bits per heavy atom. The van der Waals surface area contributed by atoms with Crippen molar-refractivity contribution < 1.29 is 19.0 Å². The summed E-state index contributed by atoms with van der Waals surface area (Å²) < 4.78 is 18.3. The number of benzene rings is 2. The number of aromatic nitrogens is 2. The van der Waals surface area contributed by atoms with Gasteiger partial charge in [0.25, 0.3) is 5.91 Å². The molecule has 0 radical (unpaired) electrons. The van der Waals surface area contributed by atoms with E-state index in [1.54, 1.807) is 30.9 Å². The van der Waals surface area contributed by atoms with E-state index in [1.165, 1.54) is 11.8 Å². The van der Waals surface area contributed by atoms with Crippen LogP contribution in [0.4, 0.5) is 0 Å². The molecule has 1 aromatic heterocycles. The van der Waals surface area contributed by atoms with Gasteiger partial charge in [-0.25, -0.2) is 4.68 Å². The molecule has 0 N–H and O–H groups in total. The van der Waals surface area contributed by atoms with E-state index in [9.17, 15) is 4.79 Å². The molecule has 7 nitrogen and oxygen atoms in total. The Kier molecular flexibility index (Phi) is 7.12. The number of nitrogens with zero attached hydrogens (tertiary/aromatic N) is 3. The molecule has 170 valence electrons. The zero-order valence-corrected chi connectivity index (χ0v) is 20.1. The first-order valence-corrected chi connectivity index (χ1v) is 11.4. The topological polar surface area (TPSA) is 65.8 Å². The molecule has 2 aromatic carbocycles. The van der Waals surface area contributed by atoms with Crippen LogP contribution >= 0.6 is 24.0 Å². The molecule has 0 atom stereocenters. The van der Waals surface area contributed by atoms with Crippen LogP contribution < -0.4 is 9.47 Å². The van der Waals surface area contributed by atoms with Gasteiger partial charge in [-0.2, -0.15) is 5.10 Å². The zero-order valence-electron chi connectivity index (χ0n) is 18.5. The summed E-state index contributed by atoms with van der Waals surface area (Å²) in [6, 6.07) is 15.4. The van der Waals surface area contributed by atoms with Gasteiger partial charge in [-0.05, 0) is 36.4 Å². The van der Waals surface area contributed by atoms with Gasteiger partial charge in [-0.15, -0.1) is 0 Å². The molecule has 0 aliphatic carbocycles. The SMILES string of the molecule is COCCN1C(=O)C(=Cc2cn(-c3ccccc3)nc2-c2ccc(OC)c(OC)c2)SC1=S. The molecular formula is C24H23N3O4S2. The molecule has 0 unspecified atom stereocenters. The maximum Gasteiger partial charge on any atom is 0.266 e. The fourth-order valence-corrected chi connectivity index (χ4v) is 4.73. The van der Waals surface area contributed by atoms with Crippen LogP contribution in [-0.2, 0) is 9.53 Å². The standard InChI is InChI=1S/C24H23N3O4S2/c1-29-12-11-26-23(28)21(33-24(26)32)14-17-15-27(18-7-5-4-6-8-18)25-22(17)16-9-10-19(30-2)20(13-16)31-3/h4-10,13-15H,11-12H2,1-3H3. The number of carbonyl (C=O) groups excluding carboxylic acids is 1. The highest BCUT2D eigenvalue weighted by Crippen LogP contribution is 2.37. The number of para-hydroxylation sites is 1. The van der Waals surface area contributed by atoms with E-state index >= 15 is 0 Å². The van der Waals surface area contributed by atoms with Crippen LogP contribution in [0, 0.1) is 0 Å². The lowest BCUT2D eigenvalue weighted by Crippen LogP contribution is -2.31. The summed E-state index contributed by atoms with van der Waals surface area (Å²) >= 11 is 6.69. The van der Waals surface area contributed by atoms with E-state index in [2.05, 4.69) is 0 Å². The van der Waals surface area contributed by atoms with Gasteiger partial charge in [0.05, 0.1) is 38.0 Å². The van der Waals surface area contributed by atoms with Crippen LogP contribution in [0.2, 0.25) is 0 Å². The molecular weight excluding hydrogens is 458 g/mol. The first kappa shape index (κ1) is 23.0. The average molecular weight is 482 g/mol. The van der Waals surface area contributed by atoms with Crippen LogP contribution in [0.25, 0.3) is 23.0 Å². The van der Waals surface area contributed by atoms with Gasteiger partial charge in [0.2, 0.25) is 0 Å². The second kappa shape index (κ2) is 10.2. The number of ether oxygens (including phenoxy) is 3. The molecule has 3 aromatic rings. The Labute approximate surface area is 201 Å². The minimum absolute atomic E-state index is 0.132. The molecule has 4 rings (SSSR count). The summed E-state index contributed by atoms with van der Waals surface area (Å²) in [5.41, 5.74) is 3.25. The predicted molar refractivity (Wildman–Crippen MR) is 134 cm³/mol. The summed E-state index contributed by atoms with van der Waals surface area (Å²) in [7, 11) is 4.79. The zero-order chi connectivity index (χ0) is 23.4. The summed E-state index contributed by atoms with van der Waals surface area (Å²) in [4.78, 5) is 15.1. The van der Waals surface area contributed by atoms with Crippen molar-refractivity contribution >= 4 is 40.3 Å². The highest BCUT2D eigenvalue weighted by molar-refractivity contribution is 8.26. The molecule has 1 fully saturated rings. The molecule has 1 aliphatic rings. The van der Waals surface area contributed by atoms with Gasteiger partial charge in [0.15, 0.2) is 11.5 Å². The number of rotatable bonds is 8. The minimum atomic E-state index is -0.132. The smallest absolute Gasteiger partial charge is 0.266 e. The molecule has 33 heavy (non-hydrogen) atoms. The lowest BCUT2D eigenvalue weighted by molar-refractivity contribution is -0.122. The second-order valence-corrected chi connectivity index (χ2v) is 8.78. The van der Waals surface area contributed by atoms with Crippen molar-refractivity contribution in [2.24, 2.45) is 0 Å². The Hall–Kier alpha value is -3.14. The largest absolute Gasteiger partial charge is 0.493 e. The van der Waals surface area contributed by atoms with Gasteiger partial charge in [0.1, 0.15) is 10.0 Å². The number of amides is 1. The van der Waals surface area contributed by atoms with Gasteiger partial charge >= 0.3 is 0 Å². The van der Waals surface area contributed by atoms with Crippen LogP contribution in [0.1, 0.15) is 5.56 Å². The van der Waals surface area contributed by atoms with E-state index in [4.69, 9.17) is 31.5 Å².